The van der Waals surface area contributed by atoms with Gasteiger partial charge in [-0.3, -0.25) is 9.79 Å². The number of rotatable bonds is 1. The summed E-state index contributed by atoms with van der Waals surface area (Å²) in [5.74, 6) is 1.42. The summed E-state index contributed by atoms with van der Waals surface area (Å²) in [6, 6.07) is 0.139. The van der Waals surface area contributed by atoms with Crippen LogP contribution in [0.3, 0.4) is 0 Å². The zero-order valence-electron chi connectivity index (χ0n) is 18.7. The molecule has 1 saturated heterocycles. The smallest absolute Gasteiger partial charge is 0.222 e. The van der Waals surface area contributed by atoms with E-state index in [1.54, 1.807) is 0 Å². The standard InChI is InChI=1S/C22H39N3O/c1-11-16(26)24-12-13-25-15(14-24)17(20(2,3)4)18(21(5,6)7)23-19(25)22(8,9)10/h18H,11-14H2,1-10H3. The van der Waals surface area contributed by atoms with Crippen molar-refractivity contribution < 1.29 is 4.79 Å². The molecule has 0 bridgehead atoms. The fraction of sp³-hybridized carbons (Fsp3) is 0.818. The predicted molar refractivity (Wildman–Crippen MR) is 110 cm³/mol. The van der Waals surface area contributed by atoms with Gasteiger partial charge >= 0.3 is 0 Å². The molecule has 1 amide bonds. The van der Waals surface area contributed by atoms with Crippen LogP contribution < -0.4 is 0 Å². The van der Waals surface area contributed by atoms with E-state index >= 15 is 0 Å². The fourth-order valence-corrected chi connectivity index (χ4v) is 4.08. The first-order valence-corrected chi connectivity index (χ1v) is 10.0. The molecule has 26 heavy (non-hydrogen) atoms. The maximum atomic E-state index is 12.4. The second-order valence-electron chi connectivity index (χ2n) is 10.9. The van der Waals surface area contributed by atoms with Crippen LogP contribution >= 0.6 is 0 Å². The van der Waals surface area contributed by atoms with Crippen LogP contribution in [0.15, 0.2) is 16.3 Å². The van der Waals surface area contributed by atoms with Crippen LogP contribution in [0.25, 0.3) is 0 Å². The van der Waals surface area contributed by atoms with Gasteiger partial charge in [-0.05, 0) is 16.4 Å². The number of fused-ring (bicyclic) bond motifs is 1. The third-order valence-electron chi connectivity index (χ3n) is 5.31. The molecule has 4 heteroatoms. The maximum Gasteiger partial charge on any atom is 0.222 e. The van der Waals surface area contributed by atoms with Crippen molar-refractivity contribution in [1.82, 2.24) is 9.80 Å². The van der Waals surface area contributed by atoms with E-state index in [0.717, 1.165) is 13.1 Å². The van der Waals surface area contributed by atoms with Crippen molar-refractivity contribution in [2.24, 2.45) is 21.2 Å². The Labute approximate surface area is 160 Å². The van der Waals surface area contributed by atoms with Gasteiger partial charge in [-0.25, -0.2) is 0 Å². The first-order valence-electron chi connectivity index (χ1n) is 10.0. The van der Waals surface area contributed by atoms with Crippen LogP contribution in [0.1, 0.15) is 75.7 Å². The molecule has 0 aromatic rings. The highest BCUT2D eigenvalue weighted by Gasteiger charge is 2.45. The second kappa shape index (κ2) is 6.69. The van der Waals surface area contributed by atoms with E-state index in [1.807, 2.05) is 11.8 Å². The summed E-state index contributed by atoms with van der Waals surface area (Å²) >= 11 is 0. The average Bonchev–Trinajstić information content (AvgIpc) is 2.48. The zero-order chi connectivity index (χ0) is 20.1. The minimum Gasteiger partial charge on any atom is -0.335 e. The highest BCUT2D eigenvalue weighted by Crippen LogP contribution is 2.45. The van der Waals surface area contributed by atoms with E-state index in [9.17, 15) is 4.79 Å². The summed E-state index contributed by atoms with van der Waals surface area (Å²) < 4.78 is 0. The molecule has 1 atom stereocenters. The SMILES string of the molecule is CCC(=O)N1CCN2C(C(C)(C)C)=NC(C(C)(C)C)C(C(C)(C)C)=C2C1. The van der Waals surface area contributed by atoms with Crippen LogP contribution in [0, 0.1) is 16.2 Å². The molecule has 1 unspecified atom stereocenters. The van der Waals surface area contributed by atoms with Crippen LogP contribution in [-0.4, -0.2) is 47.2 Å². The molecule has 1 fully saturated rings. The van der Waals surface area contributed by atoms with Gasteiger partial charge in [0.2, 0.25) is 5.91 Å². The molecule has 0 aliphatic carbocycles. The average molecular weight is 362 g/mol. The van der Waals surface area contributed by atoms with Gasteiger partial charge in [-0.2, -0.15) is 0 Å². The molecule has 0 spiro atoms. The molecular weight excluding hydrogens is 322 g/mol. The summed E-state index contributed by atoms with van der Waals surface area (Å²) in [6.45, 7) is 24.7. The molecule has 0 N–H and O–H groups in total. The maximum absolute atomic E-state index is 12.4. The lowest BCUT2D eigenvalue weighted by molar-refractivity contribution is -0.131. The molecule has 2 aliphatic rings. The van der Waals surface area contributed by atoms with Gasteiger partial charge < -0.3 is 9.80 Å². The van der Waals surface area contributed by atoms with Gasteiger partial charge in [-0.15, -0.1) is 0 Å². The summed E-state index contributed by atoms with van der Waals surface area (Å²) in [5, 5.41) is 0. The van der Waals surface area contributed by atoms with Gasteiger partial charge in [-0.1, -0.05) is 69.2 Å². The molecule has 2 heterocycles. The fourth-order valence-electron chi connectivity index (χ4n) is 4.08. The zero-order valence-corrected chi connectivity index (χ0v) is 18.7. The van der Waals surface area contributed by atoms with Crippen molar-refractivity contribution in [2.45, 2.75) is 81.7 Å². The Morgan fingerprint density at radius 3 is 2.00 bits per heavy atom. The lowest BCUT2D eigenvalue weighted by Crippen LogP contribution is -2.56. The lowest BCUT2D eigenvalue weighted by atomic mass is 9.70. The molecular formula is C22H39N3O. The monoisotopic (exact) mass is 361 g/mol. The van der Waals surface area contributed by atoms with Crippen LogP contribution in [0.5, 0.6) is 0 Å². The third-order valence-corrected chi connectivity index (χ3v) is 5.31. The number of amides is 1. The van der Waals surface area contributed by atoms with E-state index < -0.39 is 0 Å². The third kappa shape index (κ3) is 3.99. The van der Waals surface area contributed by atoms with Gasteiger partial charge in [0.1, 0.15) is 5.84 Å². The van der Waals surface area contributed by atoms with Crippen LogP contribution in [0.2, 0.25) is 0 Å². The molecule has 0 radical (unpaired) electrons. The van der Waals surface area contributed by atoms with E-state index in [0.29, 0.717) is 13.0 Å². The van der Waals surface area contributed by atoms with Crippen molar-refractivity contribution in [1.29, 1.82) is 0 Å². The van der Waals surface area contributed by atoms with Gasteiger partial charge in [0.15, 0.2) is 0 Å². The Hall–Kier alpha value is -1.32. The van der Waals surface area contributed by atoms with E-state index in [1.165, 1.54) is 17.1 Å². The van der Waals surface area contributed by atoms with Gasteiger partial charge in [0, 0.05) is 30.6 Å². The first-order chi connectivity index (χ1) is 11.7. The van der Waals surface area contributed by atoms with E-state index in [-0.39, 0.29) is 28.2 Å². The summed E-state index contributed by atoms with van der Waals surface area (Å²) in [5.41, 5.74) is 2.73. The summed E-state index contributed by atoms with van der Waals surface area (Å²) in [4.78, 5) is 22.2. The second-order valence-corrected chi connectivity index (χ2v) is 10.9. The Bertz CT molecular complexity index is 623. The van der Waals surface area contributed by atoms with Crippen molar-refractivity contribution in [3.8, 4) is 0 Å². The summed E-state index contributed by atoms with van der Waals surface area (Å²) in [7, 11) is 0. The highest BCUT2D eigenvalue weighted by atomic mass is 16.2. The molecule has 2 aliphatic heterocycles. The number of aliphatic imine (C=N–C) groups is 1. The normalized spacial score (nSPS) is 22.4. The molecule has 0 saturated carbocycles. The number of amidine groups is 1. The number of carbonyl (C=O) groups excluding carboxylic acids is 1. The van der Waals surface area contributed by atoms with Gasteiger partial charge in [0.25, 0.3) is 0 Å². The number of nitrogens with zero attached hydrogens (tertiary/aromatic N) is 3. The molecule has 2 rings (SSSR count). The minimum absolute atomic E-state index is 0.0106. The Kier molecular flexibility index (Phi) is 5.40. The number of hydrogen-bond acceptors (Lipinski definition) is 3. The molecule has 4 nitrogen and oxygen atoms in total. The Morgan fingerprint density at radius 2 is 1.58 bits per heavy atom. The predicted octanol–water partition coefficient (Wildman–Crippen LogP) is 4.71. The largest absolute Gasteiger partial charge is 0.335 e. The topological polar surface area (TPSA) is 35.9 Å². The molecule has 0 aromatic carbocycles. The highest BCUT2D eigenvalue weighted by molar-refractivity contribution is 5.91. The molecule has 148 valence electrons. The number of piperazine rings is 1. The minimum atomic E-state index is -0.0188. The van der Waals surface area contributed by atoms with Crippen LogP contribution in [-0.2, 0) is 4.79 Å². The van der Waals surface area contributed by atoms with Gasteiger partial charge in [0.05, 0.1) is 12.6 Å². The van der Waals surface area contributed by atoms with E-state index in [4.69, 9.17) is 4.99 Å². The Balaban J connectivity index is 2.66. The lowest BCUT2D eigenvalue weighted by Gasteiger charge is -2.51. The van der Waals surface area contributed by atoms with Crippen molar-refractivity contribution in [3.05, 3.63) is 11.3 Å². The van der Waals surface area contributed by atoms with Crippen molar-refractivity contribution in [2.75, 3.05) is 19.6 Å². The number of carbonyl (C=O) groups is 1. The first kappa shape index (κ1) is 21.0. The van der Waals surface area contributed by atoms with Crippen molar-refractivity contribution in [3.63, 3.8) is 0 Å². The molecule has 0 aromatic heterocycles. The summed E-state index contributed by atoms with van der Waals surface area (Å²) in [6.07, 6.45) is 0.570. The van der Waals surface area contributed by atoms with E-state index in [2.05, 4.69) is 67.2 Å². The number of hydrogen-bond donors (Lipinski definition) is 0. The van der Waals surface area contributed by atoms with Crippen LogP contribution in [0.4, 0.5) is 0 Å². The Morgan fingerprint density at radius 1 is 1.00 bits per heavy atom. The van der Waals surface area contributed by atoms with Crippen molar-refractivity contribution >= 4 is 11.7 Å². The quantitative estimate of drug-likeness (QED) is 0.678.